The van der Waals surface area contributed by atoms with E-state index in [1.807, 2.05) is 35.2 Å². The lowest BCUT2D eigenvalue weighted by molar-refractivity contribution is -0.127. The van der Waals surface area contributed by atoms with Crippen molar-refractivity contribution in [2.75, 3.05) is 19.6 Å². The molecule has 0 radical (unpaired) electrons. The van der Waals surface area contributed by atoms with Crippen molar-refractivity contribution < 1.29 is 9.59 Å². The molecule has 0 saturated carbocycles. The van der Waals surface area contributed by atoms with Crippen molar-refractivity contribution in [2.24, 2.45) is 0 Å². The first-order valence-electron chi connectivity index (χ1n) is 7.91. The van der Waals surface area contributed by atoms with E-state index in [-0.39, 0.29) is 11.8 Å². The van der Waals surface area contributed by atoms with Gasteiger partial charge in [0.1, 0.15) is 5.69 Å². The van der Waals surface area contributed by atoms with Crippen LogP contribution in [0, 0.1) is 0 Å². The zero-order valence-electron chi connectivity index (χ0n) is 12.9. The van der Waals surface area contributed by atoms with Crippen molar-refractivity contribution in [1.29, 1.82) is 0 Å². The van der Waals surface area contributed by atoms with Gasteiger partial charge in [-0.2, -0.15) is 5.10 Å². The van der Waals surface area contributed by atoms with Crippen LogP contribution in [0.3, 0.4) is 0 Å². The number of hydrogen-bond acceptors (Lipinski definition) is 3. The lowest BCUT2D eigenvalue weighted by Gasteiger charge is -2.15. The topological polar surface area (TPSA) is 78.1 Å². The van der Waals surface area contributed by atoms with Crippen LogP contribution in [0.25, 0.3) is 11.3 Å². The third-order valence-electron chi connectivity index (χ3n) is 3.95. The van der Waals surface area contributed by atoms with E-state index in [0.717, 1.165) is 30.6 Å². The third kappa shape index (κ3) is 3.77. The highest BCUT2D eigenvalue weighted by Gasteiger charge is 2.19. The molecule has 6 nitrogen and oxygen atoms in total. The highest BCUT2D eigenvalue weighted by atomic mass is 16.2. The van der Waals surface area contributed by atoms with E-state index in [4.69, 9.17) is 0 Å². The van der Waals surface area contributed by atoms with E-state index in [9.17, 15) is 9.59 Å². The summed E-state index contributed by atoms with van der Waals surface area (Å²) in [5.74, 6) is 0.0461. The molecule has 23 heavy (non-hydrogen) atoms. The molecule has 0 aliphatic carbocycles. The van der Waals surface area contributed by atoms with Crippen LogP contribution in [0.1, 0.15) is 29.8 Å². The predicted octanol–water partition coefficient (Wildman–Crippen LogP) is 1.82. The number of aromatic amines is 1. The second-order valence-corrected chi connectivity index (χ2v) is 5.63. The van der Waals surface area contributed by atoms with E-state index in [0.29, 0.717) is 25.2 Å². The molecule has 0 atom stereocenters. The van der Waals surface area contributed by atoms with Gasteiger partial charge in [0.15, 0.2) is 0 Å². The molecule has 2 aromatic rings. The molecule has 2 N–H and O–H groups in total. The van der Waals surface area contributed by atoms with Gasteiger partial charge in [-0.3, -0.25) is 14.7 Å². The summed E-state index contributed by atoms with van der Waals surface area (Å²) in [5, 5.41) is 9.79. The molecule has 120 valence electrons. The number of nitrogens with zero attached hydrogens (tertiary/aromatic N) is 2. The monoisotopic (exact) mass is 312 g/mol. The van der Waals surface area contributed by atoms with Gasteiger partial charge in [-0.1, -0.05) is 30.3 Å². The van der Waals surface area contributed by atoms with E-state index in [2.05, 4.69) is 15.5 Å². The van der Waals surface area contributed by atoms with Gasteiger partial charge in [-0.15, -0.1) is 0 Å². The number of carbonyl (C=O) groups is 2. The maximum absolute atomic E-state index is 12.1. The van der Waals surface area contributed by atoms with Gasteiger partial charge >= 0.3 is 0 Å². The molecule has 0 unspecified atom stereocenters. The summed E-state index contributed by atoms with van der Waals surface area (Å²) in [7, 11) is 0. The van der Waals surface area contributed by atoms with Crippen LogP contribution in [0.4, 0.5) is 0 Å². The van der Waals surface area contributed by atoms with Crippen LogP contribution in [0.2, 0.25) is 0 Å². The Hall–Kier alpha value is -2.63. The molecule has 1 fully saturated rings. The standard InChI is InChI=1S/C17H20N4O2/c22-16-8-4-10-21(16)11-5-9-18-17(23)15-12-14(19-20-15)13-6-2-1-3-7-13/h1-3,6-7,12H,4-5,8-11H2,(H,18,23)(H,19,20). The Bertz CT molecular complexity index is 681. The Morgan fingerprint density at radius 1 is 1.30 bits per heavy atom. The highest BCUT2D eigenvalue weighted by molar-refractivity contribution is 5.93. The SMILES string of the molecule is O=C(NCCCN1CCCC1=O)c1cc(-c2ccccc2)n[nH]1. The van der Waals surface area contributed by atoms with E-state index >= 15 is 0 Å². The molecule has 1 aliphatic rings. The van der Waals surface area contributed by atoms with E-state index in [1.54, 1.807) is 6.07 Å². The van der Waals surface area contributed by atoms with Crippen molar-refractivity contribution in [3.63, 3.8) is 0 Å². The summed E-state index contributed by atoms with van der Waals surface area (Å²) in [4.78, 5) is 25.4. The van der Waals surface area contributed by atoms with Gasteiger partial charge in [0.05, 0.1) is 5.69 Å². The van der Waals surface area contributed by atoms with Crippen LogP contribution >= 0.6 is 0 Å². The van der Waals surface area contributed by atoms with Crippen LogP contribution < -0.4 is 5.32 Å². The number of rotatable bonds is 6. The van der Waals surface area contributed by atoms with Crippen molar-refractivity contribution in [3.05, 3.63) is 42.1 Å². The molecule has 1 saturated heterocycles. The first-order valence-corrected chi connectivity index (χ1v) is 7.91. The Labute approximate surface area is 134 Å². The van der Waals surface area contributed by atoms with Gasteiger partial charge in [0.25, 0.3) is 5.91 Å². The van der Waals surface area contributed by atoms with Crippen molar-refractivity contribution in [2.45, 2.75) is 19.3 Å². The molecule has 1 aromatic carbocycles. The summed E-state index contributed by atoms with van der Waals surface area (Å²) in [6.07, 6.45) is 2.36. The summed E-state index contributed by atoms with van der Waals surface area (Å²) in [6.45, 7) is 2.09. The van der Waals surface area contributed by atoms with Gasteiger partial charge in [0.2, 0.25) is 5.91 Å². The van der Waals surface area contributed by atoms with Crippen LogP contribution in [-0.2, 0) is 4.79 Å². The number of aromatic nitrogens is 2. The van der Waals surface area contributed by atoms with Crippen molar-refractivity contribution >= 4 is 11.8 Å². The Balaban J connectivity index is 1.47. The predicted molar refractivity (Wildman–Crippen MR) is 86.8 cm³/mol. The van der Waals surface area contributed by atoms with Crippen molar-refractivity contribution in [3.8, 4) is 11.3 Å². The molecule has 0 bridgehead atoms. The van der Waals surface area contributed by atoms with Gasteiger partial charge in [0, 0.05) is 31.6 Å². The fraction of sp³-hybridized carbons (Fsp3) is 0.353. The molecular formula is C17H20N4O2. The number of benzene rings is 1. The normalized spacial score (nSPS) is 14.3. The Morgan fingerprint density at radius 2 is 2.13 bits per heavy atom. The quantitative estimate of drug-likeness (QED) is 0.799. The van der Waals surface area contributed by atoms with Crippen LogP contribution in [0.15, 0.2) is 36.4 Å². The lowest BCUT2D eigenvalue weighted by atomic mass is 10.1. The molecule has 2 heterocycles. The zero-order chi connectivity index (χ0) is 16.1. The second kappa shape index (κ2) is 7.09. The second-order valence-electron chi connectivity index (χ2n) is 5.63. The van der Waals surface area contributed by atoms with E-state index in [1.165, 1.54) is 0 Å². The van der Waals surface area contributed by atoms with Crippen LogP contribution in [0.5, 0.6) is 0 Å². The fourth-order valence-electron chi connectivity index (χ4n) is 2.70. The maximum atomic E-state index is 12.1. The summed E-state index contributed by atoms with van der Waals surface area (Å²) in [5.41, 5.74) is 2.16. The number of nitrogens with one attached hydrogen (secondary N) is 2. The molecule has 3 rings (SSSR count). The fourth-order valence-corrected chi connectivity index (χ4v) is 2.70. The summed E-state index contributed by atoms with van der Waals surface area (Å²) in [6, 6.07) is 11.5. The zero-order valence-corrected chi connectivity index (χ0v) is 12.9. The minimum Gasteiger partial charge on any atom is -0.351 e. The molecule has 1 aliphatic heterocycles. The molecule has 0 spiro atoms. The average Bonchev–Trinajstić information content (AvgIpc) is 3.22. The molecule has 2 amide bonds. The van der Waals surface area contributed by atoms with Crippen LogP contribution in [-0.4, -0.2) is 46.5 Å². The number of carbonyl (C=O) groups excluding carboxylic acids is 2. The number of hydrogen-bond donors (Lipinski definition) is 2. The average molecular weight is 312 g/mol. The number of likely N-dealkylation sites (tertiary alicyclic amines) is 1. The Morgan fingerprint density at radius 3 is 2.87 bits per heavy atom. The molecular weight excluding hydrogens is 292 g/mol. The van der Waals surface area contributed by atoms with Gasteiger partial charge in [-0.05, 0) is 18.9 Å². The van der Waals surface area contributed by atoms with Crippen molar-refractivity contribution in [1.82, 2.24) is 20.4 Å². The first-order chi connectivity index (χ1) is 11.2. The van der Waals surface area contributed by atoms with Gasteiger partial charge < -0.3 is 10.2 Å². The minimum absolute atomic E-state index is 0.174. The summed E-state index contributed by atoms with van der Waals surface area (Å²) < 4.78 is 0. The maximum Gasteiger partial charge on any atom is 0.269 e. The van der Waals surface area contributed by atoms with Gasteiger partial charge in [-0.25, -0.2) is 0 Å². The summed E-state index contributed by atoms with van der Waals surface area (Å²) >= 11 is 0. The number of H-pyrrole nitrogens is 1. The number of amides is 2. The third-order valence-corrected chi connectivity index (χ3v) is 3.95. The Kier molecular flexibility index (Phi) is 4.71. The molecule has 1 aromatic heterocycles. The minimum atomic E-state index is -0.174. The van der Waals surface area contributed by atoms with E-state index < -0.39 is 0 Å². The first kappa shape index (κ1) is 15.3. The highest BCUT2D eigenvalue weighted by Crippen LogP contribution is 2.16. The lowest BCUT2D eigenvalue weighted by Crippen LogP contribution is -2.30. The largest absolute Gasteiger partial charge is 0.351 e. The smallest absolute Gasteiger partial charge is 0.269 e. The molecule has 6 heteroatoms.